The van der Waals surface area contributed by atoms with Crippen molar-refractivity contribution in [3.63, 3.8) is 0 Å². The summed E-state index contributed by atoms with van der Waals surface area (Å²) in [5, 5.41) is 10.3. The summed E-state index contributed by atoms with van der Waals surface area (Å²) in [6, 6.07) is 15.8. The lowest BCUT2D eigenvalue weighted by atomic mass is 9.96. The van der Waals surface area contributed by atoms with E-state index < -0.39 is 0 Å². The molecule has 0 radical (unpaired) electrons. The van der Waals surface area contributed by atoms with E-state index in [-0.39, 0.29) is 0 Å². The Morgan fingerprint density at radius 1 is 1.00 bits per heavy atom. The predicted molar refractivity (Wildman–Crippen MR) is 121 cm³/mol. The first-order valence-electron chi connectivity index (χ1n) is 11.4. The summed E-state index contributed by atoms with van der Waals surface area (Å²) < 4.78 is 5.51. The maximum absolute atomic E-state index is 5.51. The smallest absolute Gasteiger partial charge is 0.0701 e. The Hall–Kier alpha value is -2.21. The number of benzene rings is 2. The van der Waals surface area contributed by atoms with Gasteiger partial charge in [0, 0.05) is 36.8 Å². The number of nitrogens with zero attached hydrogens (tertiary/aromatic N) is 3. The molecule has 0 spiro atoms. The lowest BCUT2D eigenvalue weighted by Gasteiger charge is -2.37. The normalized spacial score (nSPS) is 21.3. The van der Waals surface area contributed by atoms with Crippen LogP contribution >= 0.6 is 0 Å². The van der Waals surface area contributed by atoms with Crippen molar-refractivity contribution in [1.82, 2.24) is 20.0 Å². The van der Waals surface area contributed by atoms with E-state index in [4.69, 9.17) is 4.74 Å². The topological polar surface area (TPSA) is 44.4 Å². The molecule has 0 aliphatic carbocycles. The van der Waals surface area contributed by atoms with Crippen LogP contribution in [-0.4, -0.2) is 65.4 Å². The van der Waals surface area contributed by atoms with Crippen molar-refractivity contribution in [3.8, 4) is 11.3 Å². The van der Waals surface area contributed by atoms with E-state index in [1.807, 2.05) is 6.20 Å². The summed E-state index contributed by atoms with van der Waals surface area (Å²) in [4.78, 5) is 5.26. The quantitative estimate of drug-likeness (QED) is 0.665. The highest BCUT2D eigenvalue weighted by molar-refractivity contribution is 5.96. The van der Waals surface area contributed by atoms with Crippen molar-refractivity contribution in [3.05, 3.63) is 54.2 Å². The molecule has 3 aromatic rings. The van der Waals surface area contributed by atoms with E-state index in [0.29, 0.717) is 6.04 Å². The summed E-state index contributed by atoms with van der Waals surface area (Å²) in [5.41, 5.74) is 3.73. The van der Waals surface area contributed by atoms with Crippen LogP contribution in [0, 0.1) is 0 Å². The van der Waals surface area contributed by atoms with Gasteiger partial charge in [0.05, 0.1) is 25.1 Å². The molecule has 5 rings (SSSR count). The number of likely N-dealkylation sites (tertiary alicyclic amines) is 1. The molecule has 0 bridgehead atoms. The molecule has 2 aromatic carbocycles. The third-order valence-electron chi connectivity index (χ3n) is 6.78. The zero-order chi connectivity index (χ0) is 20.2. The predicted octanol–water partition coefficient (Wildman–Crippen LogP) is 4.31. The van der Waals surface area contributed by atoms with Gasteiger partial charge < -0.3 is 4.74 Å². The number of morpholine rings is 1. The van der Waals surface area contributed by atoms with Gasteiger partial charge in [-0.25, -0.2) is 0 Å². The van der Waals surface area contributed by atoms with Gasteiger partial charge in [0.15, 0.2) is 0 Å². The van der Waals surface area contributed by atoms with Crippen LogP contribution in [0.4, 0.5) is 0 Å². The summed E-state index contributed by atoms with van der Waals surface area (Å²) in [6.45, 7) is 7.29. The number of hydrogen-bond acceptors (Lipinski definition) is 4. The monoisotopic (exact) mass is 404 g/mol. The zero-order valence-corrected chi connectivity index (χ0v) is 17.7. The molecule has 30 heavy (non-hydrogen) atoms. The standard InChI is InChI=1S/C25H32N4O/c1-2-9-23-20(6-1)7-5-10-24(23)25-21(18-26-27-25)19-29-12-4-3-8-22(29)11-13-28-14-16-30-17-15-28/h1-2,5-7,9-10,18,22H,3-4,8,11-17,19H2,(H,26,27)/t22-/m1/s1. The van der Waals surface area contributed by atoms with Crippen molar-refractivity contribution >= 4 is 10.8 Å². The minimum Gasteiger partial charge on any atom is -0.379 e. The van der Waals surface area contributed by atoms with Gasteiger partial charge in [-0.05, 0) is 43.1 Å². The van der Waals surface area contributed by atoms with Gasteiger partial charge in [-0.15, -0.1) is 0 Å². The van der Waals surface area contributed by atoms with Crippen molar-refractivity contribution in [2.75, 3.05) is 39.4 Å². The Morgan fingerprint density at radius 2 is 1.87 bits per heavy atom. The molecule has 0 amide bonds. The SMILES string of the molecule is c1ccc2c(-c3[nH]ncc3CN3CCCC[C@@H]3CCN3CCOCC3)cccc2c1. The van der Waals surface area contributed by atoms with Gasteiger partial charge in [-0.3, -0.25) is 14.9 Å². The van der Waals surface area contributed by atoms with Crippen LogP contribution in [0.1, 0.15) is 31.2 Å². The molecule has 1 atom stereocenters. The highest BCUT2D eigenvalue weighted by atomic mass is 16.5. The van der Waals surface area contributed by atoms with E-state index >= 15 is 0 Å². The molecule has 5 heteroatoms. The molecule has 1 N–H and O–H groups in total. The van der Waals surface area contributed by atoms with Crippen LogP contribution in [0.15, 0.2) is 48.7 Å². The van der Waals surface area contributed by atoms with Crippen LogP contribution in [0.2, 0.25) is 0 Å². The number of piperidine rings is 1. The van der Waals surface area contributed by atoms with E-state index in [0.717, 1.165) is 32.8 Å². The van der Waals surface area contributed by atoms with Crippen LogP contribution in [-0.2, 0) is 11.3 Å². The maximum Gasteiger partial charge on any atom is 0.0701 e. The number of hydrogen-bond donors (Lipinski definition) is 1. The second-order valence-corrected chi connectivity index (χ2v) is 8.66. The average molecular weight is 405 g/mol. The molecule has 1 aromatic heterocycles. The van der Waals surface area contributed by atoms with Crippen LogP contribution < -0.4 is 0 Å². The molecule has 2 fully saturated rings. The Balaban J connectivity index is 1.33. The minimum atomic E-state index is 0.664. The number of ether oxygens (including phenoxy) is 1. The Bertz CT molecular complexity index is 957. The van der Waals surface area contributed by atoms with Gasteiger partial charge in [0.2, 0.25) is 0 Å². The molecule has 2 aliphatic rings. The number of nitrogens with one attached hydrogen (secondary N) is 1. The largest absolute Gasteiger partial charge is 0.379 e. The third kappa shape index (κ3) is 4.29. The van der Waals surface area contributed by atoms with Gasteiger partial charge in [-0.2, -0.15) is 5.10 Å². The summed E-state index contributed by atoms with van der Waals surface area (Å²) in [5.74, 6) is 0. The molecule has 3 heterocycles. The lowest BCUT2D eigenvalue weighted by molar-refractivity contribution is 0.0302. The van der Waals surface area contributed by atoms with Crippen molar-refractivity contribution in [2.45, 2.75) is 38.3 Å². The maximum atomic E-state index is 5.51. The fourth-order valence-corrected chi connectivity index (χ4v) is 5.08. The van der Waals surface area contributed by atoms with Crippen molar-refractivity contribution in [1.29, 1.82) is 0 Å². The third-order valence-corrected chi connectivity index (χ3v) is 6.78. The highest BCUT2D eigenvalue weighted by Crippen LogP contribution is 2.31. The number of aromatic amines is 1. The highest BCUT2D eigenvalue weighted by Gasteiger charge is 2.25. The van der Waals surface area contributed by atoms with Gasteiger partial charge in [0.1, 0.15) is 0 Å². The molecule has 2 aliphatic heterocycles. The molecule has 5 nitrogen and oxygen atoms in total. The minimum absolute atomic E-state index is 0.664. The average Bonchev–Trinajstić information content (AvgIpc) is 3.27. The molecular formula is C25H32N4O. The molecule has 0 saturated carbocycles. The van der Waals surface area contributed by atoms with Gasteiger partial charge in [-0.1, -0.05) is 48.9 Å². The molecular weight excluding hydrogens is 372 g/mol. The summed E-state index contributed by atoms with van der Waals surface area (Å²) in [7, 11) is 0. The van der Waals surface area contributed by atoms with Crippen molar-refractivity contribution in [2.24, 2.45) is 0 Å². The Morgan fingerprint density at radius 3 is 2.80 bits per heavy atom. The van der Waals surface area contributed by atoms with E-state index in [2.05, 4.69) is 62.5 Å². The molecule has 0 unspecified atom stereocenters. The number of aromatic nitrogens is 2. The number of rotatable bonds is 6. The van der Waals surface area contributed by atoms with Gasteiger partial charge in [0.25, 0.3) is 0 Å². The number of fused-ring (bicyclic) bond motifs is 1. The second kappa shape index (κ2) is 9.29. The summed E-state index contributed by atoms with van der Waals surface area (Å²) >= 11 is 0. The van der Waals surface area contributed by atoms with Crippen LogP contribution in [0.25, 0.3) is 22.0 Å². The number of H-pyrrole nitrogens is 1. The second-order valence-electron chi connectivity index (χ2n) is 8.66. The molecule has 158 valence electrons. The fraction of sp³-hybridized carbons (Fsp3) is 0.480. The molecule has 2 saturated heterocycles. The zero-order valence-electron chi connectivity index (χ0n) is 17.7. The Labute approximate surface area is 179 Å². The first-order valence-corrected chi connectivity index (χ1v) is 11.4. The first kappa shape index (κ1) is 19.7. The Kier molecular flexibility index (Phi) is 6.11. The van der Waals surface area contributed by atoms with Crippen molar-refractivity contribution < 1.29 is 4.74 Å². The fourth-order valence-electron chi connectivity index (χ4n) is 5.08. The van der Waals surface area contributed by atoms with Gasteiger partial charge >= 0.3 is 0 Å². The van der Waals surface area contributed by atoms with E-state index in [1.165, 1.54) is 66.4 Å². The van der Waals surface area contributed by atoms with E-state index in [9.17, 15) is 0 Å². The van der Waals surface area contributed by atoms with Crippen LogP contribution in [0.5, 0.6) is 0 Å². The first-order chi connectivity index (χ1) is 14.9. The lowest BCUT2D eigenvalue weighted by Crippen LogP contribution is -2.43. The van der Waals surface area contributed by atoms with E-state index in [1.54, 1.807) is 0 Å². The van der Waals surface area contributed by atoms with Crippen LogP contribution in [0.3, 0.4) is 0 Å². The summed E-state index contributed by atoms with van der Waals surface area (Å²) in [6.07, 6.45) is 7.25.